The maximum Gasteiger partial charge on any atom is 0.490 e. The molecule has 4 N–H and O–H groups in total. The SMILES string of the molecule is O=C(O)C(F)(F)F.O=C(O)Cc1cc(Cl)c(OCC(F)F)cc1N1CC(NC2CCN(Cc3ccc(Cl)cc3)CC2)[C@H](O)C1. The Morgan fingerprint density at radius 1 is 1.05 bits per heavy atom. The first-order valence-corrected chi connectivity index (χ1v) is 14.3. The Morgan fingerprint density at radius 3 is 2.20 bits per heavy atom. The molecule has 0 bridgehead atoms. The number of carboxylic acid groups (broad SMARTS) is 2. The topological polar surface area (TPSA) is 123 Å². The smallest absolute Gasteiger partial charge is 0.486 e. The molecular weight excluding hydrogens is 640 g/mol. The van der Waals surface area contributed by atoms with Crippen molar-refractivity contribution in [1.29, 1.82) is 0 Å². The summed E-state index contributed by atoms with van der Waals surface area (Å²) in [6.45, 7) is 2.61. The van der Waals surface area contributed by atoms with Crippen LogP contribution in [0.1, 0.15) is 24.0 Å². The minimum Gasteiger partial charge on any atom is -0.486 e. The van der Waals surface area contributed by atoms with Gasteiger partial charge in [0.15, 0.2) is 0 Å². The van der Waals surface area contributed by atoms with E-state index in [1.54, 1.807) is 0 Å². The number of carboxylic acids is 2. The number of alkyl halides is 5. The van der Waals surface area contributed by atoms with Crippen LogP contribution < -0.4 is 15.0 Å². The maximum atomic E-state index is 12.7. The van der Waals surface area contributed by atoms with E-state index in [-0.39, 0.29) is 35.8 Å². The Hall–Kier alpha value is -2.91. The van der Waals surface area contributed by atoms with Crippen LogP contribution in [0.4, 0.5) is 27.6 Å². The molecular formula is C28H32Cl2F5N3O6. The summed E-state index contributed by atoms with van der Waals surface area (Å²) in [5.74, 6) is -3.74. The molecule has 16 heteroatoms. The van der Waals surface area contributed by atoms with E-state index in [0.717, 1.165) is 37.5 Å². The lowest BCUT2D eigenvalue weighted by Crippen LogP contribution is -2.49. The number of hydrogen-bond donors (Lipinski definition) is 4. The van der Waals surface area contributed by atoms with Gasteiger partial charge in [-0.1, -0.05) is 35.3 Å². The Bertz CT molecular complexity index is 1260. The van der Waals surface area contributed by atoms with E-state index in [1.807, 2.05) is 29.2 Å². The summed E-state index contributed by atoms with van der Waals surface area (Å²) >= 11 is 12.2. The van der Waals surface area contributed by atoms with Crippen molar-refractivity contribution in [3.8, 4) is 5.75 Å². The normalized spacial score (nSPS) is 19.5. The number of benzene rings is 2. The number of aliphatic hydroxyl groups is 1. The minimum absolute atomic E-state index is 0.0602. The van der Waals surface area contributed by atoms with E-state index < -0.39 is 37.3 Å². The molecule has 2 aliphatic heterocycles. The molecule has 9 nitrogen and oxygen atoms in total. The highest BCUT2D eigenvalue weighted by molar-refractivity contribution is 6.32. The minimum atomic E-state index is -5.08. The molecule has 2 fully saturated rings. The molecule has 2 aromatic rings. The zero-order valence-corrected chi connectivity index (χ0v) is 24.8. The van der Waals surface area contributed by atoms with Crippen molar-refractivity contribution < 1.29 is 51.6 Å². The van der Waals surface area contributed by atoms with Crippen LogP contribution in [0.5, 0.6) is 5.75 Å². The molecule has 2 heterocycles. The second-order valence-electron chi connectivity index (χ2n) is 10.4. The second kappa shape index (κ2) is 15.9. The molecule has 0 aliphatic carbocycles. The van der Waals surface area contributed by atoms with Crippen molar-refractivity contribution in [2.45, 2.75) is 56.6 Å². The highest BCUT2D eigenvalue weighted by Gasteiger charge is 2.38. The molecule has 0 saturated carbocycles. The fraction of sp³-hybridized carbons (Fsp3) is 0.500. The zero-order valence-electron chi connectivity index (χ0n) is 23.2. The lowest BCUT2D eigenvalue weighted by atomic mass is 10.0. The first-order chi connectivity index (χ1) is 20.6. The number of aliphatic carboxylic acids is 2. The number of piperidine rings is 1. The van der Waals surface area contributed by atoms with E-state index in [4.69, 9.17) is 37.8 Å². The van der Waals surface area contributed by atoms with E-state index in [1.165, 1.54) is 17.7 Å². The number of hydrogen-bond acceptors (Lipinski definition) is 7. The number of ether oxygens (including phenoxy) is 1. The van der Waals surface area contributed by atoms with Crippen molar-refractivity contribution in [3.05, 3.63) is 57.6 Å². The predicted octanol–water partition coefficient (Wildman–Crippen LogP) is 4.70. The lowest BCUT2D eigenvalue weighted by molar-refractivity contribution is -0.192. The Morgan fingerprint density at radius 2 is 1.66 bits per heavy atom. The van der Waals surface area contributed by atoms with Crippen LogP contribution >= 0.6 is 23.2 Å². The molecule has 0 amide bonds. The van der Waals surface area contributed by atoms with Gasteiger partial charge in [0.2, 0.25) is 0 Å². The van der Waals surface area contributed by atoms with Crippen LogP contribution in [-0.2, 0) is 22.6 Å². The number of anilines is 1. The van der Waals surface area contributed by atoms with Crippen LogP contribution in [0.15, 0.2) is 36.4 Å². The van der Waals surface area contributed by atoms with Crippen molar-refractivity contribution in [3.63, 3.8) is 0 Å². The number of aliphatic hydroxyl groups excluding tert-OH is 1. The number of carbonyl (C=O) groups is 2. The van der Waals surface area contributed by atoms with Crippen LogP contribution in [0.25, 0.3) is 0 Å². The van der Waals surface area contributed by atoms with Gasteiger partial charge in [-0.05, 0) is 55.3 Å². The van der Waals surface area contributed by atoms with Gasteiger partial charge in [0.25, 0.3) is 6.43 Å². The van der Waals surface area contributed by atoms with Gasteiger partial charge in [-0.25, -0.2) is 13.6 Å². The van der Waals surface area contributed by atoms with Gasteiger partial charge < -0.3 is 30.3 Å². The van der Waals surface area contributed by atoms with E-state index >= 15 is 0 Å². The van der Waals surface area contributed by atoms with Crippen LogP contribution in [-0.4, -0.2) is 95.7 Å². The summed E-state index contributed by atoms with van der Waals surface area (Å²) in [5, 5.41) is 31.6. The summed E-state index contributed by atoms with van der Waals surface area (Å²) in [5.41, 5.74) is 2.16. The zero-order chi connectivity index (χ0) is 32.6. The predicted molar refractivity (Wildman–Crippen MR) is 153 cm³/mol. The van der Waals surface area contributed by atoms with Gasteiger partial charge in [0.1, 0.15) is 12.4 Å². The standard InChI is InChI=1S/C26H31Cl2F2N3O4.C2HF3O2/c27-18-3-1-16(2-4-18)12-32-7-5-19(6-8-32)31-21-13-33(14-23(21)34)22-11-24(37-15-25(29)30)20(28)9-17(22)10-26(35)36;3-2(4,5)1(6)7/h1-4,9,11,19,21,23,25,31,34H,5-8,10,12-15H2,(H,35,36);(H,6,7)/t21?,23-;/m1./s1. The summed E-state index contributed by atoms with van der Waals surface area (Å²) in [6, 6.07) is 10.8. The monoisotopic (exact) mass is 671 g/mol. The number of rotatable bonds is 10. The third-order valence-corrected chi connectivity index (χ3v) is 7.62. The first kappa shape index (κ1) is 35.6. The number of β-amino-alcohol motifs (C(OH)–C–C–N with tert-alkyl or cyclic N) is 1. The largest absolute Gasteiger partial charge is 0.490 e. The lowest BCUT2D eigenvalue weighted by Gasteiger charge is -2.34. The molecule has 0 aromatic heterocycles. The van der Waals surface area contributed by atoms with E-state index in [2.05, 4.69) is 10.2 Å². The molecule has 0 radical (unpaired) electrons. The molecule has 244 valence electrons. The van der Waals surface area contributed by atoms with Crippen molar-refractivity contribution in [2.75, 3.05) is 37.7 Å². The molecule has 2 saturated heterocycles. The summed E-state index contributed by atoms with van der Waals surface area (Å²) in [4.78, 5) is 24.6. The van der Waals surface area contributed by atoms with E-state index in [9.17, 15) is 37.0 Å². The van der Waals surface area contributed by atoms with E-state index in [0.29, 0.717) is 17.8 Å². The maximum absolute atomic E-state index is 12.7. The number of nitrogens with one attached hydrogen (secondary N) is 1. The van der Waals surface area contributed by atoms with Gasteiger partial charge in [0.05, 0.1) is 23.6 Å². The molecule has 44 heavy (non-hydrogen) atoms. The van der Waals surface area contributed by atoms with Crippen LogP contribution in [0, 0.1) is 0 Å². The number of likely N-dealkylation sites (tertiary alicyclic amines) is 1. The summed E-state index contributed by atoms with van der Waals surface area (Å²) in [6.07, 6.45) is -6.84. The van der Waals surface area contributed by atoms with Gasteiger partial charge >= 0.3 is 18.1 Å². The second-order valence-corrected chi connectivity index (χ2v) is 11.3. The summed E-state index contributed by atoms with van der Waals surface area (Å²) in [7, 11) is 0. The van der Waals surface area contributed by atoms with Gasteiger partial charge in [-0.2, -0.15) is 13.2 Å². The highest BCUT2D eigenvalue weighted by Crippen LogP contribution is 2.36. The molecule has 0 spiro atoms. The Labute approximate surface area is 260 Å². The van der Waals surface area contributed by atoms with Crippen molar-refractivity contribution in [2.24, 2.45) is 0 Å². The first-order valence-electron chi connectivity index (χ1n) is 13.5. The molecule has 2 atom stereocenters. The molecule has 4 rings (SSSR count). The number of halogens is 7. The Kier molecular flexibility index (Phi) is 12.8. The number of nitrogens with zero attached hydrogens (tertiary/aromatic N) is 2. The van der Waals surface area contributed by atoms with Crippen molar-refractivity contribution in [1.82, 2.24) is 10.2 Å². The van der Waals surface area contributed by atoms with Gasteiger partial charge in [0, 0.05) is 42.5 Å². The van der Waals surface area contributed by atoms with Crippen LogP contribution in [0.3, 0.4) is 0 Å². The van der Waals surface area contributed by atoms with Crippen molar-refractivity contribution >= 4 is 40.8 Å². The molecule has 2 aromatic carbocycles. The summed E-state index contributed by atoms with van der Waals surface area (Å²) < 4.78 is 62.2. The molecule has 1 unspecified atom stereocenters. The average Bonchev–Trinajstić information content (AvgIpc) is 3.29. The fourth-order valence-corrected chi connectivity index (χ4v) is 5.37. The molecule has 2 aliphatic rings. The highest BCUT2D eigenvalue weighted by atomic mass is 35.5. The third-order valence-electron chi connectivity index (χ3n) is 7.07. The Balaban J connectivity index is 0.000000676. The third kappa shape index (κ3) is 10.9. The fourth-order valence-electron chi connectivity index (χ4n) is 5.00. The van der Waals surface area contributed by atoms with Crippen LogP contribution in [0.2, 0.25) is 10.0 Å². The van der Waals surface area contributed by atoms with Gasteiger partial charge in [-0.15, -0.1) is 0 Å². The average molecular weight is 672 g/mol. The van der Waals surface area contributed by atoms with Gasteiger partial charge in [-0.3, -0.25) is 9.69 Å². The quantitative estimate of drug-likeness (QED) is 0.266.